The number of nitrogens with zero attached hydrogens (tertiary/aromatic N) is 2. The van der Waals surface area contributed by atoms with Gasteiger partial charge >= 0.3 is 0 Å². The smallest absolute Gasteiger partial charge is 0.218 e. The van der Waals surface area contributed by atoms with Crippen molar-refractivity contribution in [2.24, 2.45) is 0 Å². The monoisotopic (exact) mass is 347 g/mol. The number of para-hydroxylation sites is 2. The molecule has 0 aliphatic heterocycles. The largest absolute Gasteiger partial charge is 0.250 e. The molecule has 0 fully saturated rings. The summed E-state index contributed by atoms with van der Waals surface area (Å²) < 4.78 is 30.9. The molecule has 1 heterocycles. The molecule has 0 radical (unpaired) electrons. The van der Waals surface area contributed by atoms with Gasteiger partial charge < -0.3 is 0 Å². The third-order valence-electron chi connectivity index (χ3n) is 4.53. The number of benzene rings is 3. The molecule has 2 nitrogen and oxygen atoms in total. The number of aromatic nitrogens is 2. The molecule has 4 rings (SSSR count). The molecule has 0 bridgehead atoms. The van der Waals surface area contributed by atoms with Gasteiger partial charge in [-0.15, -0.1) is 0 Å². The van der Waals surface area contributed by atoms with Crippen LogP contribution in [0.5, 0.6) is 0 Å². The van der Waals surface area contributed by atoms with Crippen LogP contribution in [0.15, 0.2) is 85.7 Å². The highest BCUT2D eigenvalue weighted by Gasteiger charge is 2.25. The van der Waals surface area contributed by atoms with Crippen molar-refractivity contribution in [3.63, 3.8) is 0 Å². The highest BCUT2D eigenvalue weighted by atomic mass is 19.1. The summed E-state index contributed by atoms with van der Waals surface area (Å²) in [4.78, 5) is 0. The van der Waals surface area contributed by atoms with E-state index in [1.54, 1.807) is 30.5 Å². The first-order valence-corrected chi connectivity index (χ1v) is 8.31. The van der Waals surface area contributed by atoms with Gasteiger partial charge in [0, 0.05) is 11.1 Å². The number of fused-ring (bicyclic) bond motifs is 1. The van der Waals surface area contributed by atoms with E-state index in [0.717, 1.165) is 22.2 Å². The summed E-state index contributed by atoms with van der Waals surface area (Å²) in [5.41, 5.74) is 3.84. The zero-order valence-electron chi connectivity index (χ0n) is 14.0. The van der Waals surface area contributed by atoms with Gasteiger partial charge in [-0.1, -0.05) is 43.0 Å². The first-order chi connectivity index (χ1) is 12.7. The van der Waals surface area contributed by atoms with Crippen molar-refractivity contribution >= 4 is 17.2 Å². The second kappa shape index (κ2) is 6.56. The van der Waals surface area contributed by atoms with Gasteiger partial charge in [0.2, 0.25) is 6.33 Å². The maximum atomic E-state index is 13.4. The van der Waals surface area contributed by atoms with E-state index in [-0.39, 0.29) is 17.7 Å². The topological polar surface area (TPSA) is 8.81 Å². The van der Waals surface area contributed by atoms with E-state index in [1.165, 1.54) is 24.3 Å². The molecule has 0 atom stereocenters. The Kier molecular flexibility index (Phi) is 4.09. The van der Waals surface area contributed by atoms with Crippen LogP contribution in [-0.2, 0) is 0 Å². The molecule has 4 heteroatoms. The number of hydrogen-bond acceptors (Lipinski definition) is 0. The molecule has 0 saturated heterocycles. The molecule has 0 amide bonds. The molecule has 3 aromatic carbocycles. The predicted molar refractivity (Wildman–Crippen MR) is 98.6 cm³/mol. The summed E-state index contributed by atoms with van der Waals surface area (Å²) in [6.07, 6.45) is 3.69. The molecule has 0 unspecified atom stereocenters. The van der Waals surface area contributed by atoms with Crippen molar-refractivity contribution in [2.45, 2.75) is 6.04 Å². The number of imidazole rings is 1. The summed E-state index contributed by atoms with van der Waals surface area (Å²) in [5.74, 6) is -0.574. The minimum Gasteiger partial charge on any atom is -0.218 e. The van der Waals surface area contributed by atoms with Crippen LogP contribution in [0.2, 0.25) is 0 Å². The van der Waals surface area contributed by atoms with Crippen LogP contribution in [0, 0.1) is 11.6 Å². The Morgan fingerprint density at radius 3 is 1.88 bits per heavy atom. The molecule has 1 aromatic heterocycles. The van der Waals surface area contributed by atoms with E-state index < -0.39 is 0 Å². The van der Waals surface area contributed by atoms with Gasteiger partial charge in [0.15, 0.2) is 17.1 Å². The summed E-state index contributed by atoms with van der Waals surface area (Å²) in [5, 5.41) is 0. The summed E-state index contributed by atoms with van der Waals surface area (Å²) in [6.45, 7) is 3.87. The molecule has 128 valence electrons. The normalized spacial score (nSPS) is 11.2. The lowest BCUT2D eigenvalue weighted by molar-refractivity contribution is -0.679. The quantitative estimate of drug-likeness (QED) is 0.462. The van der Waals surface area contributed by atoms with E-state index in [4.69, 9.17) is 0 Å². The van der Waals surface area contributed by atoms with E-state index in [0.29, 0.717) is 0 Å². The maximum Gasteiger partial charge on any atom is 0.250 e. The van der Waals surface area contributed by atoms with Crippen molar-refractivity contribution in [1.82, 2.24) is 4.57 Å². The molecule has 0 aliphatic carbocycles. The minimum absolute atomic E-state index is 0.220. The van der Waals surface area contributed by atoms with Gasteiger partial charge in [0.05, 0.1) is 6.20 Å². The summed E-state index contributed by atoms with van der Waals surface area (Å²) >= 11 is 0. The van der Waals surface area contributed by atoms with Gasteiger partial charge in [0.1, 0.15) is 11.6 Å². The fraction of sp³-hybridized carbons (Fsp3) is 0.0455. The Hall–Kier alpha value is -3.27. The Morgan fingerprint density at radius 2 is 1.35 bits per heavy atom. The van der Waals surface area contributed by atoms with Crippen LogP contribution < -0.4 is 4.57 Å². The summed E-state index contributed by atoms with van der Waals surface area (Å²) in [7, 11) is 0. The second-order valence-electron chi connectivity index (χ2n) is 6.11. The molecular weight excluding hydrogens is 330 g/mol. The standard InChI is InChI=1S/C22H17F2N2/c1-2-25-15-26(21-6-4-3-5-20(21)25)22(16-7-11-18(23)12-8-16)17-9-13-19(24)14-10-17/h2-15,22H,1H2/q+1. The number of halogens is 2. The lowest BCUT2D eigenvalue weighted by Crippen LogP contribution is -2.39. The first kappa shape index (κ1) is 16.2. The van der Waals surface area contributed by atoms with Crippen LogP contribution in [0.1, 0.15) is 17.2 Å². The van der Waals surface area contributed by atoms with E-state index in [9.17, 15) is 8.78 Å². The van der Waals surface area contributed by atoms with Gasteiger partial charge in [0.25, 0.3) is 0 Å². The fourth-order valence-electron chi connectivity index (χ4n) is 3.31. The van der Waals surface area contributed by atoms with Crippen LogP contribution >= 0.6 is 0 Å². The zero-order valence-corrected chi connectivity index (χ0v) is 14.0. The van der Waals surface area contributed by atoms with Crippen molar-refractivity contribution in [3.05, 3.63) is 108 Å². The number of hydrogen-bond donors (Lipinski definition) is 0. The lowest BCUT2D eigenvalue weighted by atomic mass is 9.98. The number of rotatable bonds is 4. The van der Waals surface area contributed by atoms with Gasteiger partial charge in [-0.2, -0.15) is 0 Å². The van der Waals surface area contributed by atoms with Gasteiger partial charge in [-0.25, -0.2) is 17.9 Å². The Morgan fingerprint density at radius 1 is 0.808 bits per heavy atom. The van der Waals surface area contributed by atoms with E-state index >= 15 is 0 Å². The predicted octanol–water partition coefficient (Wildman–Crippen LogP) is 4.95. The molecule has 4 aromatic rings. The molecule has 0 N–H and O–H groups in total. The molecule has 26 heavy (non-hydrogen) atoms. The zero-order chi connectivity index (χ0) is 18.1. The van der Waals surface area contributed by atoms with E-state index in [2.05, 4.69) is 11.1 Å². The average Bonchev–Trinajstić information content (AvgIpc) is 3.04. The van der Waals surface area contributed by atoms with Crippen molar-refractivity contribution in [2.75, 3.05) is 0 Å². The highest BCUT2D eigenvalue weighted by molar-refractivity contribution is 5.74. The average molecular weight is 347 g/mol. The van der Waals surface area contributed by atoms with Gasteiger partial charge in [-0.05, 0) is 36.4 Å². The highest BCUT2D eigenvalue weighted by Crippen LogP contribution is 2.25. The second-order valence-corrected chi connectivity index (χ2v) is 6.11. The Balaban J connectivity index is 1.98. The minimum atomic E-state index is -0.287. The third-order valence-corrected chi connectivity index (χ3v) is 4.53. The van der Waals surface area contributed by atoms with E-state index in [1.807, 2.05) is 35.2 Å². The van der Waals surface area contributed by atoms with Crippen LogP contribution in [0.3, 0.4) is 0 Å². The van der Waals surface area contributed by atoms with Crippen molar-refractivity contribution < 1.29 is 13.3 Å². The van der Waals surface area contributed by atoms with Crippen molar-refractivity contribution in [1.29, 1.82) is 0 Å². The SMILES string of the molecule is C=Cn1c[n+](C(c2ccc(F)cc2)c2ccc(F)cc2)c2ccccc21. The lowest BCUT2D eigenvalue weighted by Gasteiger charge is -2.16. The summed E-state index contributed by atoms with van der Waals surface area (Å²) in [6, 6.07) is 20.6. The Bertz CT molecular complexity index is 1020. The van der Waals surface area contributed by atoms with Crippen molar-refractivity contribution in [3.8, 4) is 0 Å². The van der Waals surface area contributed by atoms with Crippen LogP contribution in [-0.4, -0.2) is 4.57 Å². The van der Waals surface area contributed by atoms with Gasteiger partial charge in [-0.3, -0.25) is 0 Å². The van der Waals surface area contributed by atoms with Crippen LogP contribution in [0.25, 0.3) is 17.2 Å². The maximum absolute atomic E-state index is 13.4. The Labute approximate surface area is 150 Å². The molecule has 0 aliphatic rings. The third kappa shape index (κ3) is 2.80. The molecule has 0 saturated carbocycles. The molecular formula is C22H17F2N2+. The van der Waals surface area contributed by atoms with Crippen LogP contribution in [0.4, 0.5) is 8.78 Å². The fourth-order valence-corrected chi connectivity index (χ4v) is 3.31. The molecule has 0 spiro atoms. The first-order valence-electron chi connectivity index (χ1n) is 8.31.